The highest BCUT2D eigenvalue weighted by molar-refractivity contribution is 5.99. The van der Waals surface area contributed by atoms with Crippen LogP contribution in [0, 0.1) is 0 Å². The van der Waals surface area contributed by atoms with E-state index in [0.717, 1.165) is 12.0 Å². The highest BCUT2D eigenvalue weighted by atomic mass is 35.5. The predicted octanol–water partition coefficient (Wildman–Crippen LogP) is 3.57. The number of carbonyl (C=O) groups excluding carboxylic acids is 1. The van der Waals surface area contributed by atoms with Crippen LogP contribution in [0.2, 0.25) is 0 Å². The van der Waals surface area contributed by atoms with Crippen LogP contribution >= 0.6 is 12.4 Å². The first kappa shape index (κ1) is 24.4. The maximum atomic E-state index is 12.7. The zero-order chi connectivity index (χ0) is 20.7. The summed E-state index contributed by atoms with van der Waals surface area (Å²) in [4.78, 5) is 12.7. The van der Waals surface area contributed by atoms with Crippen LogP contribution in [0.4, 0.5) is 0 Å². The minimum absolute atomic E-state index is 0. The number of ether oxygens (including phenoxy) is 4. The fourth-order valence-electron chi connectivity index (χ4n) is 2.78. The van der Waals surface area contributed by atoms with Gasteiger partial charge >= 0.3 is 0 Å². The van der Waals surface area contributed by atoms with Crippen molar-refractivity contribution in [2.45, 2.75) is 26.3 Å². The number of benzene rings is 2. The number of rotatable bonds is 9. The third-order valence-electron chi connectivity index (χ3n) is 4.02. The van der Waals surface area contributed by atoms with Crippen molar-refractivity contribution >= 4 is 18.3 Å². The van der Waals surface area contributed by atoms with Crippen LogP contribution in [0.5, 0.6) is 28.7 Å². The van der Waals surface area contributed by atoms with Gasteiger partial charge in [-0.05, 0) is 44.5 Å². The van der Waals surface area contributed by atoms with Gasteiger partial charge in [0.2, 0.25) is 11.5 Å². The van der Waals surface area contributed by atoms with E-state index in [0.29, 0.717) is 29.4 Å². The van der Waals surface area contributed by atoms with Crippen LogP contribution in [-0.4, -0.2) is 39.8 Å². The molecule has 2 aromatic rings. The maximum absolute atomic E-state index is 12.7. The van der Waals surface area contributed by atoms with Crippen LogP contribution in [0.15, 0.2) is 30.3 Å². The first-order valence-corrected chi connectivity index (χ1v) is 9.05. The van der Waals surface area contributed by atoms with E-state index in [9.17, 15) is 4.79 Å². The van der Waals surface area contributed by atoms with E-state index < -0.39 is 0 Å². The smallest absolute Gasteiger partial charge is 0.255 e. The Morgan fingerprint density at radius 1 is 1.00 bits per heavy atom. The molecule has 1 amide bonds. The number of nitrogens with one attached hydrogen (secondary N) is 1. The fraction of sp³-hybridized carbons (Fsp3) is 0.381. The van der Waals surface area contributed by atoms with Gasteiger partial charge in [0.1, 0.15) is 5.75 Å². The molecule has 0 unspecified atom stereocenters. The lowest BCUT2D eigenvalue weighted by molar-refractivity contribution is 0.0939. The van der Waals surface area contributed by atoms with Crippen molar-refractivity contribution in [2.24, 2.45) is 5.73 Å². The van der Waals surface area contributed by atoms with E-state index in [1.54, 1.807) is 6.07 Å². The first-order valence-electron chi connectivity index (χ1n) is 9.05. The standard InChI is InChI=1S/C21H28N2O5.ClH/c1-13(2)23-21(24)16-12-17(19(26-4)20(27-5)18(16)25-3)28-15-8-6-14(7-9-15)10-11-22;/h6-9,12-13H,10-11,22H2,1-5H3,(H,23,24);1H. The van der Waals surface area contributed by atoms with Gasteiger partial charge in [0, 0.05) is 12.1 Å². The molecule has 0 bridgehead atoms. The van der Waals surface area contributed by atoms with E-state index >= 15 is 0 Å². The normalized spacial score (nSPS) is 10.2. The minimum Gasteiger partial charge on any atom is -0.492 e. The maximum Gasteiger partial charge on any atom is 0.255 e. The molecule has 0 aliphatic carbocycles. The molecule has 0 saturated carbocycles. The molecule has 8 heteroatoms. The number of carbonyl (C=O) groups is 1. The average Bonchev–Trinajstić information content (AvgIpc) is 2.68. The van der Waals surface area contributed by atoms with Crippen LogP contribution in [-0.2, 0) is 6.42 Å². The zero-order valence-corrected chi connectivity index (χ0v) is 18.2. The number of hydrogen-bond acceptors (Lipinski definition) is 6. The molecule has 0 radical (unpaired) electrons. The van der Waals surface area contributed by atoms with E-state index in [1.807, 2.05) is 38.1 Å². The second-order valence-electron chi connectivity index (χ2n) is 6.43. The molecule has 0 saturated heterocycles. The lowest BCUT2D eigenvalue weighted by Gasteiger charge is -2.20. The van der Waals surface area contributed by atoms with Crippen LogP contribution in [0.3, 0.4) is 0 Å². The van der Waals surface area contributed by atoms with Crippen molar-refractivity contribution in [1.82, 2.24) is 5.32 Å². The minimum atomic E-state index is -0.295. The Balaban J connectivity index is 0.00000420. The Morgan fingerprint density at radius 2 is 1.59 bits per heavy atom. The van der Waals surface area contributed by atoms with Crippen LogP contribution < -0.4 is 30.0 Å². The molecule has 2 aromatic carbocycles. The third kappa shape index (κ3) is 5.92. The van der Waals surface area contributed by atoms with Gasteiger partial charge in [0.15, 0.2) is 11.5 Å². The lowest BCUT2D eigenvalue weighted by atomic mass is 10.1. The number of nitrogens with two attached hydrogens (primary N) is 1. The van der Waals surface area contributed by atoms with Crippen molar-refractivity contribution in [3.05, 3.63) is 41.5 Å². The Kier molecular flexibility index (Phi) is 9.58. The molecular weight excluding hydrogens is 396 g/mol. The van der Waals surface area contributed by atoms with Crippen molar-refractivity contribution in [1.29, 1.82) is 0 Å². The molecule has 0 aliphatic rings. The molecule has 0 fully saturated rings. The fourth-order valence-corrected chi connectivity index (χ4v) is 2.78. The van der Waals surface area contributed by atoms with Crippen molar-refractivity contribution in [3.63, 3.8) is 0 Å². The summed E-state index contributed by atoms with van der Waals surface area (Å²) in [6, 6.07) is 9.13. The summed E-state index contributed by atoms with van der Waals surface area (Å²) >= 11 is 0. The molecule has 2 rings (SSSR count). The topological polar surface area (TPSA) is 92.0 Å². The van der Waals surface area contributed by atoms with E-state index in [2.05, 4.69) is 5.32 Å². The molecule has 0 aromatic heterocycles. The molecule has 0 aliphatic heterocycles. The quantitative estimate of drug-likeness (QED) is 0.639. The molecule has 29 heavy (non-hydrogen) atoms. The second kappa shape index (κ2) is 11.4. The number of hydrogen-bond donors (Lipinski definition) is 2. The zero-order valence-electron chi connectivity index (χ0n) is 17.4. The van der Waals surface area contributed by atoms with E-state index in [1.165, 1.54) is 21.3 Å². The molecule has 0 heterocycles. The summed E-state index contributed by atoms with van der Waals surface area (Å²) in [6.07, 6.45) is 0.791. The lowest BCUT2D eigenvalue weighted by Crippen LogP contribution is -2.30. The molecule has 0 spiro atoms. The summed E-state index contributed by atoms with van der Waals surface area (Å²) < 4.78 is 22.4. The molecule has 0 atom stereocenters. The number of halogens is 1. The van der Waals surface area contributed by atoms with Crippen molar-refractivity contribution in [2.75, 3.05) is 27.9 Å². The van der Waals surface area contributed by atoms with E-state index in [4.69, 9.17) is 24.7 Å². The van der Waals surface area contributed by atoms with Gasteiger partial charge in [-0.2, -0.15) is 0 Å². The van der Waals surface area contributed by atoms with Gasteiger partial charge in [0.25, 0.3) is 5.91 Å². The van der Waals surface area contributed by atoms with E-state index in [-0.39, 0.29) is 35.9 Å². The number of amides is 1. The molecule has 3 N–H and O–H groups in total. The predicted molar refractivity (Wildman–Crippen MR) is 115 cm³/mol. The second-order valence-corrected chi connectivity index (χ2v) is 6.43. The highest BCUT2D eigenvalue weighted by Gasteiger charge is 2.26. The van der Waals surface area contributed by atoms with Crippen LogP contribution in [0.1, 0.15) is 29.8 Å². The van der Waals surface area contributed by atoms with Gasteiger partial charge in [0.05, 0.1) is 26.9 Å². The molecular formula is C21H29ClN2O5. The van der Waals surface area contributed by atoms with Crippen molar-refractivity contribution < 1.29 is 23.7 Å². The SMILES string of the molecule is COc1c(Oc2ccc(CCN)cc2)cc(C(=O)NC(C)C)c(OC)c1OC.Cl. The summed E-state index contributed by atoms with van der Waals surface area (Å²) in [6.45, 7) is 4.34. The largest absolute Gasteiger partial charge is 0.492 e. The summed E-state index contributed by atoms with van der Waals surface area (Å²) in [5.41, 5.74) is 7.00. The van der Waals surface area contributed by atoms with Gasteiger partial charge in [-0.25, -0.2) is 0 Å². The van der Waals surface area contributed by atoms with Gasteiger partial charge in [-0.15, -0.1) is 12.4 Å². The van der Waals surface area contributed by atoms with Crippen LogP contribution in [0.25, 0.3) is 0 Å². The third-order valence-corrected chi connectivity index (χ3v) is 4.02. The highest BCUT2D eigenvalue weighted by Crippen LogP contribution is 2.47. The number of methoxy groups -OCH3 is 3. The Hall–Kier alpha value is -2.64. The van der Waals surface area contributed by atoms with Gasteiger partial charge in [-0.1, -0.05) is 12.1 Å². The Bertz CT molecular complexity index is 810. The first-order chi connectivity index (χ1) is 13.4. The summed E-state index contributed by atoms with van der Waals surface area (Å²) in [5, 5.41) is 2.85. The molecule has 160 valence electrons. The van der Waals surface area contributed by atoms with Crippen molar-refractivity contribution in [3.8, 4) is 28.7 Å². The Morgan fingerprint density at radius 3 is 2.07 bits per heavy atom. The average molecular weight is 425 g/mol. The monoisotopic (exact) mass is 424 g/mol. The Labute approximate surface area is 177 Å². The molecule has 7 nitrogen and oxygen atoms in total. The summed E-state index contributed by atoms with van der Waals surface area (Å²) in [5.74, 6) is 1.56. The van der Waals surface area contributed by atoms with Gasteiger partial charge in [-0.3, -0.25) is 4.79 Å². The summed E-state index contributed by atoms with van der Waals surface area (Å²) in [7, 11) is 4.46. The van der Waals surface area contributed by atoms with Gasteiger partial charge < -0.3 is 30.0 Å².